The SMILES string of the molecule is C[C@H]1CN(S(O)(O)CC2CCN(CCCC(F)(F)F)CC2)CC[C@H]1NC(=O)c1cc(C2CC2)on1. The molecular weight excluding hydrogens is 485 g/mol. The van der Waals surface area contributed by atoms with E-state index in [1.165, 1.54) is 0 Å². The zero-order valence-electron chi connectivity index (χ0n) is 20.2. The zero-order chi connectivity index (χ0) is 25.2. The molecule has 1 aliphatic carbocycles. The van der Waals surface area contributed by atoms with Crippen molar-refractivity contribution in [2.75, 3.05) is 38.5 Å². The van der Waals surface area contributed by atoms with Gasteiger partial charge in [0.15, 0.2) is 5.69 Å². The number of nitrogens with one attached hydrogen (secondary N) is 1. The summed E-state index contributed by atoms with van der Waals surface area (Å²) in [4.78, 5) is 14.6. The minimum Gasteiger partial charge on any atom is -0.360 e. The summed E-state index contributed by atoms with van der Waals surface area (Å²) < 4.78 is 65.9. The second-order valence-corrected chi connectivity index (χ2v) is 12.5. The molecule has 0 radical (unpaired) electrons. The molecule has 2 aliphatic heterocycles. The van der Waals surface area contributed by atoms with E-state index < -0.39 is 23.4 Å². The lowest BCUT2D eigenvalue weighted by atomic mass is 9.95. The van der Waals surface area contributed by atoms with Crippen LogP contribution in [0.2, 0.25) is 0 Å². The van der Waals surface area contributed by atoms with Crippen LogP contribution in [-0.4, -0.2) is 80.1 Å². The minimum atomic E-state index is -4.11. The maximum absolute atomic E-state index is 12.6. The molecule has 35 heavy (non-hydrogen) atoms. The molecule has 3 fully saturated rings. The Morgan fingerprint density at radius 3 is 2.54 bits per heavy atom. The first-order chi connectivity index (χ1) is 16.5. The summed E-state index contributed by atoms with van der Waals surface area (Å²) >= 11 is 0. The maximum atomic E-state index is 12.6. The van der Waals surface area contributed by atoms with E-state index in [2.05, 4.69) is 10.5 Å². The molecule has 1 saturated carbocycles. The van der Waals surface area contributed by atoms with E-state index >= 15 is 0 Å². The molecule has 8 nitrogen and oxygen atoms in total. The summed E-state index contributed by atoms with van der Waals surface area (Å²) in [6, 6.07) is 1.63. The number of alkyl halides is 3. The number of hydrogen-bond donors (Lipinski definition) is 3. The maximum Gasteiger partial charge on any atom is 0.389 e. The first-order valence-electron chi connectivity index (χ1n) is 12.6. The lowest BCUT2D eigenvalue weighted by Gasteiger charge is -2.50. The number of carbonyl (C=O) groups is 1. The molecule has 1 amide bonds. The lowest BCUT2D eigenvalue weighted by molar-refractivity contribution is -0.136. The van der Waals surface area contributed by atoms with Crippen molar-refractivity contribution in [1.82, 2.24) is 19.7 Å². The second kappa shape index (κ2) is 11.0. The quantitative estimate of drug-likeness (QED) is 0.432. The molecule has 200 valence electrons. The number of amides is 1. The lowest BCUT2D eigenvalue weighted by Crippen LogP contribution is -2.51. The van der Waals surface area contributed by atoms with Crippen LogP contribution in [0.1, 0.15) is 74.0 Å². The number of piperidine rings is 2. The molecule has 12 heteroatoms. The Kier molecular flexibility index (Phi) is 8.36. The van der Waals surface area contributed by atoms with Crippen molar-refractivity contribution in [3.63, 3.8) is 0 Å². The zero-order valence-corrected chi connectivity index (χ0v) is 21.0. The van der Waals surface area contributed by atoms with Gasteiger partial charge in [0.1, 0.15) is 5.76 Å². The first kappa shape index (κ1) is 26.7. The average molecular weight is 523 g/mol. The Bertz CT molecular complexity index is 856. The van der Waals surface area contributed by atoms with E-state index in [1.54, 1.807) is 10.4 Å². The Morgan fingerprint density at radius 1 is 1.20 bits per heavy atom. The molecule has 1 aromatic rings. The average Bonchev–Trinajstić information content (AvgIpc) is 3.51. The Labute approximate surface area is 206 Å². The second-order valence-electron chi connectivity index (χ2n) is 10.4. The monoisotopic (exact) mass is 522 g/mol. The van der Waals surface area contributed by atoms with Crippen LogP contribution in [0.15, 0.2) is 10.6 Å². The van der Waals surface area contributed by atoms with Gasteiger partial charge in [-0.3, -0.25) is 13.9 Å². The van der Waals surface area contributed by atoms with Crippen LogP contribution in [0.5, 0.6) is 0 Å². The molecule has 0 unspecified atom stereocenters. The summed E-state index contributed by atoms with van der Waals surface area (Å²) in [6.07, 6.45) is -0.521. The number of carbonyl (C=O) groups excluding carboxylic acids is 1. The van der Waals surface area contributed by atoms with Gasteiger partial charge in [-0.1, -0.05) is 12.1 Å². The fraction of sp³-hybridized carbons (Fsp3) is 0.826. The van der Waals surface area contributed by atoms with Crippen LogP contribution in [-0.2, 0) is 0 Å². The van der Waals surface area contributed by atoms with Crippen LogP contribution >= 0.6 is 10.8 Å². The highest BCUT2D eigenvalue weighted by Crippen LogP contribution is 2.48. The molecule has 3 N–H and O–H groups in total. The number of rotatable bonds is 9. The van der Waals surface area contributed by atoms with Gasteiger partial charge in [0, 0.05) is 37.5 Å². The van der Waals surface area contributed by atoms with Gasteiger partial charge in [0.25, 0.3) is 5.91 Å². The largest absolute Gasteiger partial charge is 0.389 e. The minimum absolute atomic E-state index is 0.0316. The van der Waals surface area contributed by atoms with Crippen molar-refractivity contribution in [2.45, 2.75) is 70.0 Å². The third kappa shape index (κ3) is 7.58. The van der Waals surface area contributed by atoms with Gasteiger partial charge in [-0.15, -0.1) is 10.8 Å². The summed E-state index contributed by atoms with van der Waals surface area (Å²) in [5.74, 6) is 1.34. The summed E-state index contributed by atoms with van der Waals surface area (Å²) in [6.45, 7) is 4.73. The topological polar surface area (TPSA) is 102 Å². The number of halogens is 3. The Hall–Kier alpha value is -1.34. The van der Waals surface area contributed by atoms with Gasteiger partial charge in [-0.05, 0) is 70.0 Å². The highest BCUT2D eigenvalue weighted by atomic mass is 32.3. The highest BCUT2D eigenvalue weighted by Gasteiger charge is 2.36. The van der Waals surface area contributed by atoms with Crippen LogP contribution in [0.25, 0.3) is 0 Å². The van der Waals surface area contributed by atoms with Crippen molar-refractivity contribution in [3.8, 4) is 0 Å². The van der Waals surface area contributed by atoms with Crippen molar-refractivity contribution < 1.29 is 31.6 Å². The highest BCUT2D eigenvalue weighted by molar-refractivity contribution is 8.22. The summed E-state index contributed by atoms with van der Waals surface area (Å²) in [5, 5.41) is 6.92. The van der Waals surface area contributed by atoms with E-state index in [-0.39, 0.29) is 41.7 Å². The molecule has 2 atom stereocenters. The molecule has 3 aliphatic rings. The van der Waals surface area contributed by atoms with E-state index in [4.69, 9.17) is 4.52 Å². The van der Waals surface area contributed by atoms with Crippen LogP contribution in [0.4, 0.5) is 13.2 Å². The predicted octanol–water partition coefficient (Wildman–Crippen LogP) is 4.71. The van der Waals surface area contributed by atoms with Gasteiger partial charge in [-0.25, -0.2) is 4.31 Å². The van der Waals surface area contributed by atoms with Gasteiger partial charge in [0.05, 0.1) is 5.75 Å². The fourth-order valence-corrected chi connectivity index (χ4v) is 7.14. The Balaban J connectivity index is 1.19. The smallest absolute Gasteiger partial charge is 0.360 e. The third-order valence-corrected chi connectivity index (χ3v) is 9.52. The molecule has 1 aromatic heterocycles. The standard InChI is InChI=1S/C23H37F3N4O4S/c1-16-14-30(12-7-19(16)27-22(31)20-13-21(34-28-20)18-3-4-18)35(32,33)15-17-5-10-29(11-6-17)9-2-8-23(24,25)26/h13,16-19,32-33H,2-12,14-15H2,1H3,(H,27,31)/t16-,19+/m0/s1. The normalized spacial score (nSPS) is 26.1. The summed E-state index contributed by atoms with van der Waals surface area (Å²) in [7, 11) is -2.95. The van der Waals surface area contributed by atoms with E-state index in [0.717, 1.165) is 31.4 Å². The third-order valence-electron chi connectivity index (χ3n) is 7.44. The molecule has 0 spiro atoms. The van der Waals surface area contributed by atoms with Crippen molar-refractivity contribution in [2.24, 2.45) is 11.8 Å². The number of nitrogens with zero attached hydrogens (tertiary/aromatic N) is 3. The molecule has 0 bridgehead atoms. The fourth-order valence-electron chi connectivity index (χ4n) is 5.09. The van der Waals surface area contributed by atoms with Crippen molar-refractivity contribution in [3.05, 3.63) is 17.5 Å². The van der Waals surface area contributed by atoms with Crippen LogP contribution in [0, 0.1) is 11.8 Å². The van der Waals surface area contributed by atoms with Crippen LogP contribution in [0.3, 0.4) is 0 Å². The molecule has 4 rings (SSSR count). The predicted molar refractivity (Wildman–Crippen MR) is 127 cm³/mol. The van der Waals surface area contributed by atoms with E-state index in [9.17, 15) is 27.1 Å². The van der Waals surface area contributed by atoms with E-state index in [1.807, 2.05) is 11.8 Å². The first-order valence-corrected chi connectivity index (χ1v) is 14.2. The van der Waals surface area contributed by atoms with Gasteiger partial charge in [0.2, 0.25) is 0 Å². The van der Waals surface area contributed by atoms with Crippen LogP contribution < -0.4 is 5.32 Å². The number of likely N-dealkylation sites (tertiary alicyclic amines) is 1. The Morgan fingerprint density at radius 2 is 1.91 bits per heavy atom. The molecule has 3 heterocycles. The van der Waals surface area contributed by atoms with Gasteiger partial charge < -0.3 is 14.7 Å². The molecular formula is C23H37F3N4O4S. The van der Waals surface area contributed by atoms with E-state index in [0.29, 0.717) is 45.1 Å². The number of aromatic nitrogens is 1. The molecule has 2 saturated heterocycles. The van der Waals surface area contributed by atoms with Crippen molar-refractivity contribution in [1.29, 1.82) is 0 Å². The number of hydrogen-bond acceptors (Lipinski definition) is 7. The summed E-state index contributed by atoms with van der Waals surface area (Å²) in [5.41, 5.74) is 0.288. The molecule has 0 aromatic carbocycles. The van der Waals surface area contributed by atoms with Gasteiger partial charge in [-0.2, -0.15) is 13.2 Å². The van der Waals surface area contributed by atoms with Crippen molar-refractivity contribution >= 4 is 16.7 Å². The van der Waals surface area contributed by atoms with Gasteiger partial charge >= 0.3 is 6.18 Å².